The Morgan fingerprint density at radius 1 is 0.622 bits per heavy atom. The van der Waals surface area contributed by atoms with Crippen molar-refractivity contribution in [1.82, 2.24) is 4.90 Å². The van der Waals surface area contributed by atoms with Crippen LogP contribution in [-0.4, -0.2) is 50.7 Å². The largest absolute Gasteiger partial charge is 0.478 e. The molecule has 0 bridgehead atoms. The number of nitrogens with one attached hydrogen (secondary N) is 2. The number of carboxylic acids is 2. The third-order valence-electron chi connectivity index (χ3n) is 6.82. The highest BCUT2D eigenvalue weighted by Crippen LogP contribution is 2.42. The first-order valence-corrected chi connectivity index (χ1v) is 15.2. The van der Waals surface area contributed by atoms with E-state index < -0.39 is 23.8 Å². The van der Waals surface area contributed by atoms with Crippen LogP contribution in [0.25, 0.3) is 0 Å². The Bertz CT molecular complexity index is 1870. The van der Waals surface area contributed by atoms with Crippen molar-refractivity contribution < 1.29 is 39.0 Å². The first-order valence-electron chi connectivity index (χ1n) is 12.8. The molecule has 1 aliphatic heterocycles. The predicted octanol–water partition coefficient (Wildman–Crippen LogP) is 6.67. The second-order valence-electron chi connectivity index (χ2n) is 9.60. The molecule has 4 aromatic carbocycles. The molecule has 1 heterocycles. The molecule has 4 amide bonds. The standard InChI is InChI=1S/C31H18Br3N3O8/c32-22-20(30(42)43)23(33)25(24(34)21(22)31(44)45)36-27(39)16-9-11-17(12-10-16)35-26(38)15-7-5-14(6-8-15)13-37-28(40)18-3-1-2-4-19(18)29(37)41/h1-12H,13H2,(H,35,38)(H,36,39)(H,42,43)(H,44,45). The van der Waals surface area contributed by atoms with Gasteiger partial charge in [0.15, 0.2) is 0 Å². The summed E-state index contributed by atoms with van der Waals surface area (Å²) in [5, 5.41) is 24.4. The van der Waals surface area contributed by atoms with E-state index in [0.29, 0.717) is 27.9 Å². The Balaban J connectivity index is 1.25. The molecule has 5 rings (SSSR count). The Hall–Kier alpha value is -4.66. The molecule has 11 nitrogen and oxygen atoms in total. The highest BCUT2D eigenvalue weighted by atomic mass is 79.9. The topological polar surface area (TPSA) is 170 Å². The summed E-state index contributed by atoms with van der Waals surface area (Å²) in [4.78, 5) is 75.8. The van der Waals surface area contributed by atoms with E-state index in [0.717, 1.165) is 4.90 Å². The maximum absolute atomic E-state index is 13.0. The van der Waals surface area contributed by atoms with Gasteiger partial charge in [-0.3, -0.25) is 24.1 Å². The molecule has 0 aliphatic carbocycles. The van der Waals surface area contributed by atoms with Crippen LogP contribution in [0.4, 0.5) is 11.4 Å². The minimum absolute atomic E-state index is 0.0503. The van der Waals surface area contributed by atoms with E-state index >= 15 is 0 Å². The van der Waals surface area contributed by atoms with Crippen LogP contribution in [0.1, 0.15) is 67.7 Å². The molecule has 0 fully saturated rings. The van der Waals surface area contributed by atoms with Crippen LogP contribution in [0.2, 0.25) is 0 Å². The molecule has 14 heteroatoms. The zero-order valence-corrected chi connectivity index (χ0v) is 27.3. The summed E-state index contributed by atoms with van der Waals surface area (Å²) in [6.45, 7) is 0.0560. The van der Waals surface area contributed by atoms with Gasteiger partial charge in [-0.05, 0) is 102 Å². The van der Waals surface area contributed by atoms with Gasteiger partial charge in [-0.1, -0.05) is 24.3 Å². The number of aromatic carboxylic acids is 2. The molecule has 0 aromatic heterocycles. The minimum atomic E-state index is -1.42. The molecule has 0 saturated heterocycles. The maximum atomic E-state index is 13.0. The second-order valence-corrected chi connectivity index (χ2v) is 12.0. The van der Waals surface area contributed by atoms with Crippen LogP contribution >= 0.6 is 47.8 Å². The summed E-state index contributed by atoms with van der Waals surface area (Å²) in [5.41, 5.74) is 1.33. The van der Waals surface area contributed by atoms with Gasteiger partial charge >= 0.3 is 11.9 Å². The number of nitrogens with zero attached hydrogens (tertiary/aromatic N) is 1. The lowest BCUT2D eigenvalue weighted by molar-refractivity contribution is 0.0636. The van der Waals surface area contributed by atoms with Crippen molar-refractivity contribution in [2.45, 2.75) is 6.54 Å². The molecule has 4 aromatic rings. The number of imide groups is 1. The number of fused-ring (bicyclic) bond motifs is 1. The second kappa shape index (κ2) is 12.8. The van der Waals surface area contributed by atoms with Crippen LogP contribution in [0.15, 0.2) is 86.2 Å². The van der Waals surface area contributed by atoms with Gasteiger partial charge in [-0.15, -0.1) is 0 Å². The first-order chi connectivity index (χ1) is 21.4. The molecule has 0 spiro atoms. The Morgan fingerprint density at radius 2 is 1.07 bits per heavy atom. The number of rotatable bonds is 8. The molecule has 0 saturated carbocycles. The summed E-state index contributed by atoms with van der Waals surface area (Å²) in [5.74, 6) is -4.69. The average Bonchev–Trinajstić information content (AvgIpc) is 3.24. The maximum Gasteiger partial charge on any atom is 0.338 e. The number of anilines is 2. The summed E-state index contributed by atoms with van der Waals surface area (Å²) < 4.78 is -0.284. The lowest BCUT2D eigenvalue weighted by atomic mass is 10.1. The zero-order valence-electron chi connectivity index (χ0n) is 22.6. The molecular formula is C31H18Br3N3O8. The van der Waals surface area contributed by atoms with Crippen molar-refractivity contribution in [3.63, 3.8) is 0 Å². The van der Waals surface area contributed by atoms with Gasteiger partial charge in [0, 0.05) is 21.3 Å². The number of carbonyl (C=O) groups is 6. The van der Waals surface area contributed by atoms with Crippen LogP contribution in [0.5, 0.6) is 0 Å². The lowest BCUT2D eigenvalue weighted by Crippen LogP contribution is -2.29. The number of hydrogen-bond acceptors (Lipinski definition) is 6. The number of carboxylic acid groups (broad SMARTS) is 2. The highest BCUT2D eigenvalue weighted by Gasteiger charge is 2.35. The van der Waals surface area contributed by atoms with Crippen molar-refractivity contribution in [2.75, 3.05) is 10.6 Å². The van der Waals surface area contributed by atoms with Crippen LogP contribution < -0.4 is 10.6 Å². The zero-order chi connectivity index (χ0) is 32.6. The number of benzene rings is 4. The van der Waals surface area contributed by atoms with E-state index in [4.69, 9.17) is 0 Å². The van der Waals surface area contributed by atoms with Gasteiger partial charge in [-0.25, -0.2) is 9.59 Å². The SMILES string of the molecule is O=C(Nc1ccc(C(=O)Nc2c(Br)c(C(=O)O)c(Br)c(C(=O)O)c2Br)cc1)c1ccc(CN2C(=O)c3ccccc3C2=O)cc1. The fourth-order valence-corrected chi connectivity index (χ4v) is 7.43. The van der Waals surface area contributed by atoms with E-state index in [9.17, 15) is 39.0 Å². The fourth-order valence-electron chi connectivity index (χ4n) is 4.57. The van der Waals surface area contributed by atoms with Gasteiger partial charge in [0.25, 0.3) is 23.6 Å². The van der Waals surface area contributed by atoms with Crippen LogP contribution in [0.3, 0.4) is 0 Å². The number of carbonyl (C=O) groups excluding carboxylic acids is 4. The van der Waals surface area contributed by atoms with Crippen molar-refractivity contribution in [1.29, 1.82) is 0 Å². The van der Waals surface area contributed by atoms with Gasteiger partial charge in [0.2, 0.25) is 0 Å². The lowest BCUT2D eigenvalue weighted by Gasteiger charge is -2.16. The number of halogens is 3. The molecule has 45 heavy (non-hydrogen) atoms. The molecule has 4 N–H and O–H groups in total. The van der Waals surface area contributed by atoms with Gasteiger partial charge < -0.3 is 20.8 Å². The molecular weight excluding hydrogens is 782 g/mol. The van der Waals surface area contributed by atoms with Gasteiger partial charge in [-0.2, -0.15) is 0 Å². The van der Waals surface area contributed by atoms with E-state index in [1.165, 1.54) is 24.3 Å². The van der Waals surface area contributed by atoms with Crippen LogP contribution in [-0.2, 0) is 6.54 Å². The summed E-state index contributed by atoms with van der Waals surface area (Å²) >= 11 is 9.29. The van der Waals surface area contributed by atoms with E-state index in [2.05, 4.69) is 58.4 Å². The van der Waals surface area contributed by atoms with Crippen molar-refractivity contribution in [2.24, 2.45) is 0 Å². The molecule has 0 unspecified atom stereocenters. The number of amides is 4. The Kier molecular flexibility index (Phi) is 9.00. The molecule has 0 atom stereocenters. The predicted molar refractivity (Wildman–Crippen MR) is 173 cm³/mol. The highest BCUT2D eigenvalue weighted by molar-refractivity contribution is 9.11. The summed E-state index contributed by atoms with van der Waals surface area (Å²) in [6, 6.07) is 18.9. The first kappa shape index (κ1) is 31.8. The Morgan fingerprint density at radius 3 is 1.53 bits per heavy atom. The molecule has 1 aliphatic rings. The van der Waals surface area contributed by atoms with Crippen molar-refractivity contribution in [3.8, 4) is 0 Å². The van der Waals surface area contributed by atoms with Crippen molar-refractivity contribution in [3.05, 3.63) is 125 Å². The van der Waals surface area contributed by atoms with Gasteiger partial charge in [0.05, 0.1) is 43.4 Å². The normalized spacial score (nSPS) is 12.1. The average molecular weight is 800 g/mol. The van der Waals surface area contributed by atoms with Gasteiger partial charge in [0.1, 0.15) is 0 Å². The van der Waals surface area contributed by atoms with Crippen LogP contribution in [0, 0.1) is 0 Å². The van der Waals surface area contributed by atoms with Crippen molar-refractivity contribution >= 4 is 94.7 Å². The summed E-state index contributed by atoms with van der Waals surface area (Å²) in [7, 11) is 0. The van der Waals surface area contributed by atoms with E-state index in [1.807, 2.05) is 0 Å². The third kappa shape index (κ3) is 6.16. The monoisotopic (exact) mass is 797 g/mol. The molecule has 0 radical (unpaired) electrons. The fraction of sp³-hybridized carbons (Fsp3) is 0.0323. The third-order valence-corrected chi connectivity index (χ3v) is 9.20. The minimum Gasteiger partial charge on any atom is -0.478 e. The van der Waals surface area contributed by atoms with E-state index in [-0.39, 0.29) is 54.2 Å². The Labute approximate surface area is 279 Å². The number of hydrogen-bond donors (Lipinski definition) is 4. The van der Waals surface area contributed by atoms with E-state index in [1.54, 1.807) is 48.5 Å². The smallest absolute Gasteiger partial charge is 0.338 e. The summed E-state index contributed by atoms with van der Waals surface area (Å²) in [6.07, 6.45) is 0. The molecule has 226 valence electrons. The quantitative estimate of drug-likeness (QED) is 0.143.